The normalized spacial score (nSPS) is 25.8. The Hall–Kier alpha value is -0.860. The molecule has 0 N–H and O–H groups in total. The van der Waals surface area contributed by atoms with E-state index in [2.05, 4.69) is 21.8 Å². The zero-order valence-electron chi connectivity index (χ0n) is 8.12. The van der Waals surface area contributed by atoms with Gasteiger partial charge in [0, 0.05) is 20.1 Å². The highest BCUT2D eigenvalue weighted by Crippen LogP contribution is 2.14. The Bertz CT molecular complexity index is 196. The molecule has 1 saturated heterocycles. The predicted molar refractivity (Wildman–Crippen MR) is 52.9 cm³/mol. The third-order valence-electron chi connectivity index (χ3n) is 2.24. The Kier molecular flexibility index (Phi) is 3.26. The maximum atomic E-state index is 4.21. The summed E-state index contributed by atoms with van der Waals surface area (Å²) in [7, 11) is 1.74. The zero-order valence-corrected chi connectivity index (χ0v) is 8.12. The fourth-order valence-electron chi connectivity index (χ4n) is 1.45. The van der Waals surface area contributed by atoms with E-state index in [0.717, 1.165) is 24.8 Å². The van der Waals surface area contributed by atoms with Gasteiger partial charge in [-0.1, -0.05) is 6.92 Å². The standard InChI is InChI=1S/C9H17N3/c1-8-4-5-12(6-8)9(2)11-7-10-3/h7-8H,4-6H2,1-3H3. The molecule has 68 valence electrons. The minimum Gasteiger partial charge on any atom is -0.360 e. The van der Waals surface area contributed by atoms with Gasteiger partial charge in [-0.05, 0) is 19.3 Å². The zero-order chi connectivity index (χ0) is 8.97. The maximum absolute atomic E-state index is 4.21. The van der Waals surface area contributed by atoms with Gasteiger partial charge >= 0.3 is 0 Å². The van der Waals surface area contributed by atoms with E-state index in [-0.39, 0.29) is 0 Å². The first-order chi connectivity index (χ1) is 5.74. The van der Waals surface area contributed by atoms with E-state index in [1.165, 1.54) is 6.42 Å². The van der Waals surface area contributed by atoms with E-state index in [4.69, 9.17) is 0 Å². The molecule has 0 amide bonds. The maximum Gasteiger partial charge on any atom is 0.111 e. The second-order valence-electron chi connectivity index (χ2n) is 3.39. The number of rotatable bonds is 1. The summed E-state index contributed by atoms with van der Waals surface area (Å²) in [5.41, 5.74) is 0. The van der Waals surface area contributed by atoms with Gasteiger partial charge < -0.3 is 4.90 Å². The van der Waals surface area contributed by atoms with Crippen LogP contribution < -0.4 is 0 Å². The highest BCUT2D eigenvalue weighted by molar-refractivity contribution is 5.86. The monoisotopic (exact) mass is 167 g/mol. The fourth-order valence-corrected chi connectivity index (χ4v) is 1.45. The average Bonchev–Trinajstić information content (AvgIpc) is 2.47. The minimum atomic E-state index is 0.814. The SMILES string of the molecule is CN=CN=C(C)N1CCC(C)C1. The lowest BCUT2D eigenvalue weighted by Gasteiger charge is -2.16. The lowest BCUT2D eigenvalue weighted by Crippen LogP contribution is -2.26. The molecule has 1 aliphatic heterocycles. The summed E-state index contributed by atoms with van der Waals surface area (Å²) in [5, 5.41) is 0. The summed E-state index contributed by atoms with van der Waals surface area (Å²) in [6.45, 7) is 6.61. The lowest BCUT2D eigenvalue weighted by molar-refractivity contribution is 0.492. The van der Waals surface area contributed by atoms with Gasteiger partial charge in [-0.3, -0.25) is 4.99 Å². The molecule has 3 heteroatoms. The molecule has 1 fully saturated rings. The third-order valence-corrected chi connectivity index (χ3v) is 2.24. The van der Waals surface area contributed by atoms with Crippen molar-refractivity contribution in [2.75, 3.05) is 20.1 Å². The number of amidine groups is 1. The summed E-state index contributed by atoms with van der Waals surface area (Å²) >= 11 is 0. The Balaban J connectivity index is 2.47. The Morgan fingerprint density at radius 3 is 2.83 bits per heavy atom. The number of hydrogen-bond donors (Lipinski definition) is 0. The van der Waals surface area contributed by atoms with Crippen LogP contribution in [0.15, 0.2) is 9.98 Å². The van der Waals surface area contributed by atoms with E-state index in [1.807, 2.05) is 6.92 Å². The summed E-state index contributed by atoms with van der Waals surface area (Å²) < 4.78 is 0. The van der Waals surface area contributed by atoms with Crippen molar-refractivity contribution in [1.29, 1.82) is 0 Å². The third kappa shape index (κ3) is 2.32. The number of nitrogens with zero attached hydrogens (tertiary/aromatic N) is 3. The molecule has 0 bridgehead atoms. The smallest absolute Gasteiger partial charge is 0.111 e. The second kappa shape index (κ2) is 4.24. The largest absolute Gasteiger partial charge is 0.360 e. The summed E-state index contributed by atoms with van der Waals surface area (Å²) in [5.74, 6) is 1.90. The molecular formula is C9H17N3. The molecule has 3 nitrogen and oxygen atoms in total. The van der Waals surface area contributed by atoms with Crippen molar-refractivity contribution in [2.45, 2.75) is 20.3 Å². The van der Waals surface area contributed by atoms with Crippen LogP contribution in [0.3, 0.4) is 0 Å². The molecule has 0 aromatic heterocycles. The lowest BCUT2D eigenvalue weighted by atomic mass is 10.2. The van der Waals surface area contributed by atoms with Crippen LogP contribution in [0.2, 0.25) is 0 Å². The quantitative estimate of drug-likeness (QED) is 0.428. The Morgan fingerprint density at radius 1 is 1.58 bits per heavy atom. The Morgan fingerprint density at radius 2 is 2.33 bits per heavy atom. The minimum absolute atomic E-state index is 0.814. The molecule has 1 heterocycles. The van der Waals surface area contributed by atoms with Crippen molar-refractivity contribution in [3.05, 3.63) is 0 Å². The van der Waals surface area contributed by atoms with Gasteiger partial charge in [0.25, 0.3) is 0 Å². The van der Waals surface area contributed by atoms with Crippen molar-refractivity contribution in [1.82, 2.24) is 4.90 Å². The molecule has 0 aliphatic carbocycles. The van der Waals surface area contributed by atoms with E-state index in [9.17, 15) is 0 Å². The van der Waals surface area contributed by atoms with Crippen molar-refractivity contribution in [3.8, 4) is 0 Å². The van der Waals surface area contributed by atoms with Crippen LogP contribution in [0, 0.1) is 5.92 Å². The van der Waals surface area contributed by atoms with Crippen LogP contribution in [0.1, 0.15) is 20.3 Å². The van der Waals surface area contributed by atoms with E-state index in [1.54, 1.807) is 13.4 Å². The molecule has 1 rings (SSSR count). The van der Waals surface area contributed by atoms with Crippen molar-refractivity contribution in [2.24, 2.45) is 15.9 Å². The summed E-state index contributed by atoms with van der Waals surface area (Å²) in [6.07, 6.45) is 2.90. The highest BCUT2D eigenvalue weighted by atomic mass is 15.2. The number of hydrogen-bond acceptors (Lipinski definition) is 1. The van der Waals surface area contributed by atoms with Crippen LogP contribution in [0.25, 0.3) is 0 Å². The second-order valence-corrected chi connectivity index (χ2v) is 3.39. The molecule has 12 heavy (non-hydrogen) atoms. The first-order valence-corrected chi connectivity index (χ1v) is 4.44. The molecule has 0 aromatic carbocycles. The van der Waals surface area contributed by atoms with E-state index >= 15 is 0 Å². The first-order valence-electron chi connectivity index (χ1n) is 4.44. The van der Waals surface area contributed by atoms with E-state index < -0.39 is 0 Å². The molecule has 0 saturated carbocycles. The average molecular weight is 167 g/mol. The topological polar surface area (TPSA) is 28.0 Å². The molecule has 1 aliphatic rings. The fraction of sp³-hybridized carbons (Fsp3) is 0.778. The van der Waals surface area contributed by atoms with Crippen LogP contribution in [0.5, 0.6) is 0 Å². The van der Waals surface area contributed by atoms with Crippen LogP contribution in [-0.2, 0) is 0 Å². The highest BCUT2D eigenvalue weighted by Gasteiger charge is 2.18. The number of likely N-dealkylation sites (tertiary alicyclic amines) is 1. The van der Waals surface area contributed by atoms with Crippen LogP contribution in [-0.4, -0.2) is 37.2 Å². The van der Waals surface area contributed by atoms with Gasteiger partial charge in [0.1, 0.15) is 12.2 Å². The molecular weight excluding hydrogens is 150 g/mol. The van der Waals surface area contributed by atoms with E-state index in [0.29, 0.717) is 0 Å². The van der Waals surface area contributed by atoms with Gasteiger partial charge in [-0.2, -0.15) is 0 Å². The summed E-state index contributed by atoms with van der Waals surface area (Å²) in [4.78, 5) is 10.3. The van der Waals surface area contributed by atoms with Gasteiger partial charge in [-0.15, -0.1) is 0 Å². The molecule has 0 radical (unpaired) electrons. The van der Waals surface area contributed by atoms with Gasteiger partial charge in [0.05, 0.1) is 0 Å². The van der Waals surface area contributed by atoms with Gasteiger partial charge in [0.2, 0.25) is 0 Å². The van der Waals surface area contributed by atoms with Crippen molar-refractivity contribution < 1.29 is 0 Å². The van der Waals surface area contributed by atoms with Gasteiger partial charge in [0.15, 0.2) is 0 Å². The molecule has 0 spiro atoms. The molecule has 0 aromatic rings. The van der Waals surface area contributed by atoms with Crippen molar-refractivity contribution >= 4 is 12.2 Å². The van der Waals surface area contributed by atoms with Crippen molar-refractivity contribution in [3.63, 3.8) is 0 Å². The predicted octanol–water partition coefficient (Wildman–Crippen LogP) is 1.40. The number of aliphatic imine (C=N–C) groups is 2. The summed E-state index contributed by atoms with van der Waals surface area (Å²) in [6, 6.07) is 0. The Labute approximate surface area is 74.2 Å². The molecule has 1 unspecified atom stereocenters. The molecule has 1 atom stereocenters. The first kappa shape index (κ1) is 9.23. The van der Waals surface area contributed by atoms with Crippen LogP contribution >= 0.6 is 0 Å². The van der Waals surface area contributed by atoms with Gasteiger partial charge in [-0.25, -0.2) is 4.99 Å². The van der Waals surface area contributed by atoms with Crippen LogP contribution in [0.4, 0.5) is 0 Å².